The Balaban J connectivity index is 1.91. The van der Waals surface area contributed by atoms with Crippen molar-refractivity contribution in [3.8, 4) is 0 Å². The van der Waals surface area contributed by atoms with E-state index in [-0.39, 0.29) is 0 Å². The van der Waals surface area contributed by atoms with Crippen molar-refractivity contribution in [3.63, 3.8) is 0 Å². The maximum absolute atomic E-state index is 3.49. The zero-order chi connectivity index (χ0) is 12.1. The van der Waals surface area contributed by atoms with E-state index in [0.29, 0.717) is 5.92 Å². The number of nitrogens with zero attached hydrogens (tertiary/aromatic N) is 1. The topological polar surface area (TPSA) is 3.24 Å². The molecule has 0 radical (unpaired) electrons. The van der Waals surface area contributed by atoms with Crippen molar-refractivity contribution in [1.29, 1.82) is 0 Å². The number of hydrogen-bond donors (Lipinski definition) is 0. The molecule has 2 heteroatoms. The highest BCUT2D eigenvalue weighted by atomic mass is 79.9. The second-order valence-electron chi connectivity index (χ2n) is 5.14. The minimum atomic E-state index is 0.650. The molecular weight excluding hydrogens is 274 g/mol. The van der Waals surface area contributed by atoms with E-state index in [1.54, 1.807) is 0 Å². The highest BCUT2D eigenvalue weighted by molar-refractivity contribution is 9.08. The van der Waals surface area contributed by atoms with Crippen molar-refractivity contribution in [1.82, 2.24) is 4.90 Å². The summed E-state index contributed by atoms with van der Waals surface area (Å²) < 4.78 is 0. The van der Waals surface area contributed by atoms with Crippen LogP contribution in [0.3, 0.4) is 0 Å². The van der Waals surface area contributed by atoms with Crippen molar-refractivity contribution in [2.45, 2.75) is 37.4 Å². The third kappa shape index (κ3) is 3.82. The second kappa shape index (κ2) is 6.55. The summed E-state index contributed by atoms with van der Waals surface area (Å²) in [4.78, 5) is 2.62. The molecule has 1 nitrogen and oxygen atoms in total. The van der Waals surface area contributed by atoms with Gasteiger partial charge in [-0.05, 0) is 43.0 Å². The first-order valence-corrected chi connectivity index (χ1v) is 7.79. The van der Waals surface area contributed by atoms with Gasteiger partial charge in [0.05, 0.1) is 0 Å². The van der Waals surface area contributed by atoms with Gasteiger partial charge in [-0.15, -0.1) is 0 Å². The molecule has 94 valence electrons. The summed E-state index contributed by atoms with van der Waals surface area (Å²) in [5, 5.41) is 0.952. The lowest BCUT2D eigenvalue weighted by molar-refractivity contribution is 0.219. The van der Waals surface area contributed by atoms with Crippen molar-refractivity contribution < 1.29 is 0 Å². The first-order chi connectivity index (χ1) is 8.29. The molecule has 0 saturated carbocycles. The molecule has 0 aliphatic carbocycles. The van der Waals surface area contributed by atoms with Crippen LogP contribution in [-0.4, -0.2) is 24.5 Å². The van der Waals surface area contributed by atoms with Crippen LogP contribution < -0.4 is 0 Å². The molecule has 0 aromatic heterocycles. The van der Waals surface area contributed by atoms with E-state index in [4.69, 9.17) is 0 Å². The van der Waals surface area contributed by atoms with Crippen LogP contribution >= 0.6 is 15.9 Å². The molecule has 1 aromatic carbocycles. The zero-order valence-electron chi connectivity index (χ0n) is 10.7. The van der Waals surface area contributed by atoms with Gasteiger partial charge in [0, 0.05) is 11.9 Å². The molecule has 1 saturated heterocycles. The average Bonchev–Trinajstić information content (AvgIpc) is 2.40. The molecule has 1 aromatic rings. The summed E-state index contributed by atoms with van der Waals surface area (Å²) in [7, 11) is 0. The Morgan fingerprint density at radius 2 is 1.76 bits per heavy atom. The number of likely N-dealkylation sites (tertiary alicyclic amines) is 1. The molecule has 17 heavy (non-hydrogen) atoms. The van der Waals surface area contributed by atoms with Crippen molar-refractivity contribution in [2.24, 2.45) is 0 Å². The SMILES string of the molecule is CC(CN1CCCCC1)c1ccc(CBr)cc1. The Morgan fingerprint density at radius 3 is 2.35 bits per heavy atom. The monoisotopic (exact) mass is 295 g/mol. The second-order valence-corrected chi connectivity index (χ2v) is 5.70. The minimum absolute atomic E-state index is 0.650. The van der Waals surface area contributed by atoms with Crippen LogP contribution in [0.25, 0.3) is 0 Å². The number of benzene rings is 1. The summed E-state index contributed by atoms with van der Waals surface area (Å²) in [5.74, 6) is 0.650. The van der Waals surface area contributed by atoms with Gasteiger partial charge in [-0.1, -0.05) is 53.5 Å². The molecule has 1 atom stereocenters. The fourth-order valence-corrected chi connectivity index (χ4v) is 2.94. The lowest BCUT2D eigenvalue weighted by Crippen LogP contribution is -2.32. The lowest BCUT2D eigenvalue weighted by atomic mass is 9.98. The normalized spacial score (nSPS) is 19.2. The first kappa shape index (κ1) is 13.1. The molecule has 1 unspecified atom stereocenters. The largest absolute Gasteiger partial charge is 0.303 e. The Bertz CT molecular complexity index is 327. The third-order valence-electron chi connectivity index (χ3n) is 3.68. The summed E-state index contributed by atoms with van der Waals surface area (Å²) in [5.41, 5.74) is 2.83. The Hall–Kier alpha value is -0.340. The van der Waals surface area contributed by atoms with Gasteiger partial charge in [0.15, 0.2) is 0 Å². The molecule has 0 spiro atoms. The number of rotatable bonds is 4. The van der Waals surface area contributed by atoms with E-state index in [1.807, 2.05) is 0 Å². The van der Waals surface area contributed by atoms with Crippen molar-refractivity contribution >= 4 is 15.9 Å². The van der Waals surface area contributed by atoms with E-state index in [9.17, 15) is 0 Å². The van der Waals surface area contributed by atoms with Crippen LogP contribution in [0.1, 0.15) is 43.2 Å². The molecule has 0 bridgehead atoms. The fraction of sp³-hybridized carbons (Fsp3) is 0.600. The number of hydrogen-bond acceptors (Lipinski definition) is 1. The standard InChI is InChI=1S/C15H22BrN/c1-13(12-17-9-3-2-4-10-17)15-7-5-14(11-16)6-8-15/h5-8,13H,2-4,9-12H2,1H3. The zero-order valence-corrected chi connectivity index (χ0v) is 12.2. The highest BCUT2D eigenvalue weighted by Gasteiger charge is 2.14. The smallest absolute Gasteiger partial charge is 0.0283 e. The molecule has 0 N–H and O–H groups in total. The molecule has 1 aliphatic heterocycles. The molecule has 1 aliphatic rings. The molecule has 2 rings (SSSR count). The number of piperidine rings is 1. The quantitative estimate of drug-likeness (QED) is 0.754. The van der Waals surface area contributed by atoms with Crippen LogP contribution in [0.15, 0.2) is 24.3 Å². The maximum Gasteiger partial charge on any atom is 0.0283 e. The van der Waals surface area contributed by atoms with Gasteiger partial charge < -0.3 is 4.90 Å². The van der Waals surface area contributed by atoms with Crippen LogP contribution in [-0.2, 0) is 5.33 Å². The summed E-state index contributed by atoms with van der Waals surface area (Å²) >= 11 is 3.49. The summed E-state index contributed by atoms with van der Waals surface area (Å²) in [6.45, 7) is 6.15. The van der Waals surface area contributed by atoms with Crippen molar-refractivity contribution in [2.75, 3.05) is 19.6 Å². The molecule has 1 heterocycles. The fourth-order valence-electron chi connectivity index (χ4n) is 2.57. The van der Waals surface area contributed by atoms with Gasteiger partial charge in [-0.2, -0.15) is 0 Å². The molecular formula is C15H22BrN. The van der Waals surface area contributed by atoms with Crippen LogP contribution in [0.4, 0.5) is 0 Å². The highest BCUT2D eigenvalue weighted by Crippen LogP contribution is 2.20. The van der Waals surface area contributed by atoms with E-state index >= 15 is 0 Å². The molecule has 0 amide bonds. The van der Waals surface area contributed by atoms with Gasteiger partial charge in [0.2, 0.25) is 0 Å². The lowest BCUT2D eigenvalue weighted by Gasteiger charge is -2.29. The summed E-state index contributed by atoms with van der Waals surface area (Å²) in [6.07, 6.45) is 4.19. The first-order valence-electron chi connectivity index (χ1n) is 6.67. The predicted molar refractivity (Wildman–Crippen MR) is 77.8 cm³/mol. The van der Waals surface area contributed by atoms with E-state index in [2.05, 4.69) is 52.0 Å². The minimum Gasteiger partial charge on any atom is -0.303 e. The van der Waals surface area contributed by atoms with Gasteiger partial charge in [0.1, 0.15) is 0 Å². The van der Waals surface area contributed by atoms with Crippen LogP contribution in [0.5, 0.6) is 0 Å². The van der Waals surface area contributed by atoms with Crippen molar-refractivity contribution in [3.05, 3.63) is 35.4 Å². The molecule has 1 fully saturated rings. The van der Waals surface area contributed by atoms with E-state index in [1.165, 1.54) is 50.0 Å². The Morgan fingerprint density at radius 1 is 1.12 bits per heavy atom. The Kier molecular flexibility index (Phi) is 5.05. The van der Waals surface area contributed by atoms with Gasteiger partial charge in [-0.3, -0.25) is 0 Å². The average molecular weight is 296 g/mol. The van der Waals surface area contributed by atoms with Gasteiger partial charge >= 0.3 is 0 Å². The van der Waals surface area contributed by atoms with Crippen LogP contribution in [0, 0.1) is 0 Å². The number of alkyl halides is 1. The van der Waals surface area contributed by atoms with Gasteiger partial charge in [-0.25, -0.2) is 0 Å². The Labute approximate surface area is 113 Å². The third-order valence-corrected chi connectivity index (χ3v) is 4.33. The summed E-state index contributed by atoms with van der Waals surface area (Å²) in [6, 6.07) is 9.03. The number of halogens is 1. The van der Waals surface area contributed by atoms with E-state index in [0.717, 1.165) is 5.33 Å². The van der Waals surface area contributed by atoms with Gasteiger partial charge in [0.25, 0.3) is 0 Å². The maximum atomic E-state index is 3.49. The van der Waals surface area contributed by atoms with E-state index < -0.39 is 0 Å². The van der Waals surface area contributed by atoms with Crippen LogP contribution in [0.2, 0.25) is 0 Å². The predicted octanol–water partition coefficient (Wildman–Crippen LogP) is 4.17.